The lowest BCUT2D eigenvalue weighted by Gasteiger charge is -2.07. The first kappa shape index (κ1) is 11.5. The van der Waals surface area contributed by atoms with Crippen molar-refractivity contribution in [3.8, 4) is 0 Å². The van der Waals surface area contributed by atoms with Crippen LogP contribution in [0.15, 0.2) is 48.5 Å². The average Bonchev–Trinajstić information content (AvgIpc) is 2.70. The van der Waals surface area contributed by atoms with Crippen LogP contribution in [0.5, 0.6) is 0 Å². The van der Waals surface area contributed by atoms with Crippen LogP contribution in [0.25, 0.3) is 0 Å². The summed E-state index contributed by atoms with van der Waals surface area (Å²) in [6.45, 7) is 0. The van der Waals surface area contributed by atoms with Crippen molar-refractivity contribution in [1.82, 2.24) is 0 Å². The summed E-state index contributed by atoms with van der Waals surface area (Å²) >= 11 is 5.86. The number of hydrogen-bond donors (Lipinski definition) is 0. The molecule has 2 heteroatoms. The van der Waals surface area contributed by atoms with Crippen LogP contribution in [0.1, 0.15) is 21.5 Å². The Kier molecular flexibility index (Phi) is 2.92. The molecule has 0 radical (unpaired) electrons. The Bertz CT molecular complexity index is 586. The summed E-state index contributed by atoms with van der Waals surface area (Å²) in [6.07, 6.45) is 1.66. The summed E-state index contributed by atoms with van der Waals surface area (Å²) in [5, 5.41) is 0.736. The van der Waals surface area contributed by atoms with Gasteiger partial charge in [-0.05, 0) is 36.1 Å². The van der Waals surface area contributed by atoms with E-state index < -0.39 is 0 Å². The minimum atomic E-state index is 0.0866. The van der Waals surface area contributed by atoms with Gasteiger partial charge in [-0.15, -0.1) is 0 Å². The third kappa shape index (κ3) is 2.06. The van der Waals surface area contributed by atoms with Crippen molar-refractivity contribution >= 4 is 17.4 Å². The fraction of sp³-hybridized carbons (Fsp3) is 0.188. The molecule has 0 heterocycles. The Morgan fingerprint density at radius 3 is 2.50 bits per heavy atom. The van der Waals surface area contributed by atoms with Gasteiger partial charge in [-0.2, -0.15) is 0 Å². The molecule has 0 aromatic heterocycles. The molecule has 0 bridgehead atoms. The number of hydrogen-bond acceptors (Lipinski definition) is 1. The summed E-state index contributed by atoms with van der Waals surface area (Å²) in [5.41, 5.74) is 3.25. The zero-order valence-electron chi connectivity index (χ0n) is 9.90. The second-order valence-corrected chi connectivity index (χ2v) is 5.19. The van der Waals surface area contributed by atoms with Crippen LogP contribution in [-0.2, 0) is 12.8 Å². The van der Waals surface area contributed by atoms with Crippen molar-refractivity contribution in [3.05, 3.63) is 70.2 Å². The van der Waals surface area contributed by atoms with Crippen molar-refractivity contribution in [1.29, 1.82) is 0 Å². The number of benzene rings is 2. The van der Waals surface area contributed by atoms with Gasteiger partial charge in [-0.3, -0.25) is 4.79 Å². The van der Waals surface area contributed by atoms with Crippen LogP contribution in [0.2, 0.25) is 5.02 Å². The molecular formula is C16H13ClO. The van der Waals surface area contributed by atoms with E-state index in [-0.39, 0.29) is 11.7 Å². The van der Waals surface area contributed by atoms with Crippen LogP contribution < -0.4 is 0 Å². The number of carbonyl (C=O) groups is 1. The summed E-state index contributed by atoms with van der Waals surface area (Å²) in [6, 6.07) is 15.7. The van der Waals surface area contributed by atoms with Gasteiger partial charge < -0.3 is 0 Å². The van der Waals surface area contributed by atoms with E-state index in [9.17, 15) is 4.79 Å². The topological polar surface area (TPSA) is 17.1 Å². The maximum Gasteiger partial charge on any atom is 0.166 e. The van der Waals surface area contributed by atoms with E-state index in [0.29, 0.717) is 0 Å². The van der Waals surface area contributed by atoms with E-state index in [1.54, 1.807) is 0 Å². The van der Waals surface area contributed by atoms with Gasteiger partial charge in [0, 0.05) is 16.5 Å². The van der Waals surface area contributed by atoms with Gasteiger partial charge >= 0.3 is 0 Å². The number of ketones is 1. The van der Waals surface area contributed by atoms with Gasteiger partial charge in [0.1, 0.15) is 0 Å². The molecule has 0 spiro atoms. The highest BCUT2D eigenvalue weighted by Gasteiger charge is 2.29. The molecule has 1 aliphatic carbocycles. The summed E-state index contributed by atoms with van der Waals surface area (Å²) in [4.78, 5) is 12.2. The van der Waals surface area contributed by atoms with E-state index in [1.165, 1.54) is 11.1 Å². The molecule has 2 aromatic rings. The standard InChI is InChI=1S/C16H13ClO/c17-14-7-5-11(6-8-14)9-13-10-12-3-1-2-4-15(12)16(13)18/h1-8,13H,9-10H2/t13-/m1/s1. The molecule has 0 aliphatic heterocycles. The SMILES string of the molecule is O=C1c2ccccc2C[C@H]1Cc1ccc(Cl)cc1. The molecule has 1 nitrogen and oxygen atoms in total. The second kappa shape index (κ2) is 4.58. The fourth-order valence-electron chi connectivity index (χ4n) is 2.59. The van der Waals surface area contributed by atoms with Gasteiger partial charge in [-0.1, -0.05) is 48.0 Å². The lowest BCUT2D eigenvalue weighted by molar-refractivity contribution is 0.0936. The molecular weight excluding hydrogens is 244 g/mol. The van der Waals surface area contributed by atoms with Gasteiger partial charge in [0.15, 0.2) is 5.78 Å². The lowest BCUT2D eigenvalue weighted by atomic mass is 9.96. The predicted molar refractivity (Wildman–Crippen MR) is 73.1 cm³/mol. The zero-order chi connectivity index (χ0) is 12.5. The van der Waals surface area contributed by atoms with Gasteiger partial charge in [-0.25, -0.2) is 0 Å². The zero-order valence-corrected chi connectivity index (χ0v) is 10.7. The van der Waals surface area contributed by atoms with E-state index in [2.05, 4.69) is 6.07 Å². The van der Waals surface area contributed by atoms with Crippen molar-refractivity contribution < 1.29 is 4.79 Å². The molecule has 90 valence electrons. The van der Waals surface area contributed by atoms with Gasteiger partial charge in [0.05, 0.1) is 0 Å². The van der Waals surface area contributed by atoms with Gasteiger partial charge in [0.2, 0.25) is 0 Å². The molecule has 0 saturated heterocycles. The Hall–Kier alpha value is -1.60. The van der Waals surface area contributed by atoms with Crippen LogP contribution >= 0.6 is 11.6 Å². The Morgan fingerprint density at radius 2 is 1.78 bits per heavy atom. The monoisotopic (exact) mass is 256 g/mol. The first-order valence-electron chi connectivity index (χ1n) is 6.10. The smallest absolute Gasteiger partial charge is 0.166 e. The molecule has 0 unspecified atom stereocenters. The molecule has 18 heavy (non-hydrogen) atoms. The highest BCUT2D eigenvalue weighted by atomic mass is 35.5. The number of halogens is 1. The Morgan fingerprint density at radius 1 is 1.06 bits per heavy atom. The third-order valence-electron chi connectivity index (χ3n) is 3.52. The molecule has 0 saturated carbocycles. The van der Waals surface area contributed by atoms with Crippen LogP contribution in [-0.4, -0.2) is 5.78 Å². The molecule has 0 amide bonds. The predicted octanol–water partition coefficient (Wildman–Crippen LogP) is 3.94. The van der Waals surface area contributed by atoms with Crippen LogP contribution in [0.4, 0.5) is 0 Å². The van der Waals surface area contributed by atoms with E-state index in [0.717, 1.165) is 23.4 Å². The Balaban J connectivity index is 1.81. The number of carbonyl (C=O) groups excluding carboxylic acids is 1. The van der Waals surface area contributed by atoms with Gasteiger partial charge in [0.25, 0.3) is 0 Å². The number of fused-ring (bicyclic) bond motifs is 1. The first-order valence-corrected chi connectivity index (χ1v) is 6.48. The van der Waals surface area contributed by atoms with Crippen molar-refractivity contribution in [2.75, 3.05) is 0 Å². The van der Waals surface area contributed by atoms with E-state index in [4.69, 9.17) is 11.6 Å². The number of Topliss-reactive ketones (excluding diaryl/α,β-unsaturated/α-hetero) is 1. The molecule has 2 aromatic carbocycles. The van der Waals surface area contributed by atoms with E-state index in [1.807, 2.05) is 42.5 Å². The highest BCUT2D eigenvalue weighted by Crippen LogP contribution is 2.29. The molecule has 1 aliphatic rings. The summed E-state index contributed by atoms with van der Waals surface area (Å²) in [7, 11) is 0. The molecule has 3 rings (SSSR count). The summed E-state index contributed by atoms with van der Waals surface area (Å²) in [5.74, 6) is 0.365. The van der Waals surface area contributed by atoms with Crippen molar-refractivity contribution in [3.63, 3.8) is 0 Å². The highest BCUT2D eigenvalue weighted by molar-refractivity contribution is 6.30. The van der Waals surface area contributed by atoms with Crippen LogP contribution in [0.3, 0.4) is 0 Å². The summed E-state index contributed by atoms with van der Waals surface area (Å²) < 4.78 is 0. The first-order chi connectivity index (χ1) is 8.74. The normalized spacial score (nSPS) is 17.8. The molecule has 1 atom stereocenters. The minimum Gasteiger partial charge on any atom is -0.294 e. The lowest BCUT2D eigenvalue weighted by Crippen LogP contribution is -2.12. The van der Waals surface area contributed by atoms with Crippen molar-refractivity contribution in [2.24, 2.45) is 5.92 Å². The number of rotatable bonds is 2. The fourth-order valence-corrected chi connectivity index (χ4v) is 2.71. The second-order valence-electron chi connectivity index (χ2n) is 4.75. The molecule has 0 fully saturated rings. The minimum absolute atomic E-state index is 0.0866. The molecule has 0 N–H and O–H groups in total. The maximum absolute atomic E-state index is 12.2. The average molecular weight is 257 g/mol. The van der Waals surface area contributed by atoms with Crippen molar-refractivity contribution in [2.45, 2.75) is 12.8 Å². The maximum atomic E-state index is 12.2. The van der Waals surface area contributed by atoms with E-state index >= 15 is 0 Å². The quantitative estimate of drug-likeness (QED) is 0.796. The third-order valence-corrected chi connectivity index (χ3v) is 3.77. The van der Waals surface area contributed by atoms with Crippen LogP contribution in [0, 0.1) is 5.92 Å². The largest absolute Gasteiger partial charge is 0.294 e. The Labute approximate surface area is 111 Å².